The van der Waals surface area contributed by atoms with Crippen LogP contribution < -0.4 is 5.32 Å². The largest absolute Gasteiger partial charge is 0.414 e. The summed E-state index contributed by atoms with van der Waals surface area (Å²) in [4.78, 5) is 21.0. The van der Waals surface area contributed by atoms with Gasteiger partial charge in [0.15, 0.2) is 11.7 Å². The fraction of sp³-hybridized carbons (Fsp3) is 0.0952. The molecule has 0 bridgehead atoms. The molecule has 0 fully saturated rings. The molecule has 158 valence electrons. The van der Waals surface area contributed by atoms with Gasteiger partial charge in [0.2, 0.25) is 0 Å². The summed E-state index contributed by atoms with van der Waals surface area (Å²) in [6, 6.07) is 11.6. The van der Waals surface area contributed by atoms with Gasteiger partial charge in [-0.05, 0) is 42.5 Å². The Labute approximate surface area is 184 Å². The molecule has 0 saturated carbocycles. The van der Waals surface area contributed by atoms with Crippen LogP contribution in [0.4, 0.5) is 13.2 Å². The van der Waals surface area contributed by atoms with Crippen LogP contribution in [0.2, 0.25) is 10.0 Å². The van der Waals surface area contributed by atoms with E-state index in [2.05, 4.69) is 9.97 Å². The first-order valence-corrected chi connectivity index (χ1v) is 9.72. The summed E-state index contributed by atoms with van der Waals surface area (Å²) >= 11 is 12.1. The number of rotatable bonds is 4. The normalized spacial score (nSPS) is 12.7. The predicted molar refractivity (Wildman–Crippen MR) is 111 cm³/mol. The Morgan fingerprint density at radius 3 is 2.48 bits per heavy atom. The minimum Gasteiger partial charge on any atom is -0.334 e. The summed E-state index contributed by atoms with van der Waals surface area (Å²) in [6.07, 6.45) is -1.86. The van der Waals surface area contributed by atoms with Crippen molar-refractivity contribution < 1.29 is 18.0 Å². The number of hydrogen-bond acceptors (Lipinski definition) is 3. The second kappa shape index (κ2) is 8.20. The number of imidazole rings is 1. The minimum absolute atomic E-state index is 0.160. The number of benzene rings is 1. The fourth-order valence-electron chi connectivity index (χ4n) is 3.11. The molecule has 1 N–H and O–H groups in total. The van der Waals surface area contributed by atoms with Gasteiger partial charge in [-0.2, -0.15) is 13.2 Å². The topological polar surface area (TPSA) is 59.3 Å². The van der Waals surface area contributed by atoms with Crippen LogP contribution in [0.1, 0.15) is 22.2 Å². The Morgan fingerprint density at radius 1 is 1.03 bits per heavy atom. The lowest BCUT2D eigenvalue weighted by Gasteiger charge is -2.20. The van der Waals surface area contributed by atoms with Gasteiger partial charge >= 0.3 is 6.18 Å². The van der Waals surface area contributed by atoms with Crippen LogP contribution in [-0.2, 0) is 0 Å². The third-order valence-corrected chi connectivity index (χ3v) is 5.27. The predicted octanol–water partition coefficient (Wildman–Crippen LogP) is 5.74. The number of amides is 1. The van der Waals surface area contributed by atoms with Gasteiger partial charge in [0.05, 0.1) is 21.3 Å². The summed E-state index contributed by atoms with van der Waals surface area (Å²) in [6.45, 7) is 0. The van der Waals surface area contributed by atoms with Crippen LogP contribution in [0, 0.1) is 0 Å². The number of nitrogens with one attached hydrogen (secondary N) is 1. The third kappa shape index (κ3) is 4.22. The molecule has 0 radical (unpaired) electrons. The molecule has 5 nitrogen and oxygen atoms in total. The summed E-state index contributed by atoms with van der Waals surface area (Å²) < 4.78 is 42.5. The lowest BCUT2D eigenvalue weighted by Crippen LogP contribution is -2.38. The molecule has 4 aromatic rings. The van der Waals surface area contributed by atoms with Gasteiger partial charge in [0, 0.05) is 18.0 Å². The summed E-state index contributed by atoms with van der Waals surface area (Å²) in [5.41, 5.74) is 0.401. The second-order valence-corrected chi connectivity index (χ2v) is 7.39. The van der Waals surface area contributed by atoms with Crippen LogP contribution >= 0.6 is 23.2 Å². The number of halogens is 5. The van der Waals surface area contributed by atoms with E-state index in [1.54, 1.807) is 47.0 Å². The zero-order valence-corrected chi connectivity index (χ0v) is 17.1. The van der Waals surface area contributed by atoms with Gasteiger partial charge in [0.25, 0.3) is 5.91 Å². The molecule has 0 saturated heterocycles. The number of fused-ring (bicyclic) bond motifs is 1. The lowest BCUT2D eigenvalue weighted by atomic mass is 10.1. The number of carbonyl (C=O) groups excluding carboxylic acids is 1. The first kappa shape index (κ1) is 21.1. The zero-order valence-electron chi connectivity index (χ0n) is 15.6. The summed E-state index contributed by atoms with van der Waals surface area (Å²) in [7, 11) is 0. The van der Waals surface area contributed by atoms with Crippen molar-refractivity contribution in [2.75, 3.05) is 0 Å². The van der Waals surface area contributed by atoms with Crippen molar-refractivity contribution in [1.82, 2.24) is 19.7 Å². The van der Waals surface area contributed by atoms with Gasteiger partial charge in [-0.15, -0.1) is 0 Å². The molecule has 10 heteroatoms. The maximum Gasteiger partial charge on any atom is 0.414 e. The number of pyridine rings is 2. The quantitative estimate of drug-likeness (QED) is 0.419. The highest BCUT2D eigenvalue weighted by Crippen LogP contribution is 2.33. The van der Waals surface area contributed by atoms with Crippen molar-refractivity contribution >= 4 is 34.6 Å². The highest BCUT2D eigenvalue weighted by Gasteiger charge is 2.43. The SMILES string of the molecule is O=C(NC(c1ccccn1)C(F)(F)F)c1nc(-c2ccc(Cl)c(Cl)c2)n2ccccc12. The molecule has 0 spiro atoms. The molecule has 1 amide bonds. The standard InChI is InChI=1S/C21H13Cl2F3N4O/c22-13-8-7-12(11-14(13)23)19-28-17(16-6-2-4-10-30(16)19)20(31)29-18(21(24,25)26)15-5-1-3-9-27-15/h1-11,18H,(H,29,31). The van der Waals surface area contributed by atoms with Crippen LogP contribution in [-0.4, -0.2) is 26.5 Å². The first-order chi connectivity index (χ1) is 14.8. The third-order valence-electron chi connectivity index (χ3n) is 4.53. The molecule has 0 aliphatic carbocycles. The van der Waals surface area contributed by atoms with Crippen molar-refractivity contribution in [2.24, 2.45) is 0 Å². The van der Waals surface area contributed by atoms with Crippen LogP contribution in [0.5, 0.6) is 0 Å². The molecule has 3 aromatic heterocycles. The summed E-state index contributed by atoms with van der Waals surface area (Å²) in [5, 5.41) is 2.64. The Morgan fingerprint density at radius 2 is 1.81 bits per heavy atom. The van der Waals surface area contributed by atoms with E-state index >= 15 is 0 Å². The molecule has 1 unspecified atom stereocenters. The van der Waals surface area contributed by atoms with E-state index < -0.39 is 18.1 Å². The minimum atomic E-state index is -4.74. The Kier molecular flexibility index (Phi) is 5.60. The van der Waals surface area contributed by atoms with Crippen LogP contribution in [0.3, 0.4) is 0 Å². The van der Waals surface area contributed by atoms with Crippen LogP contribution in [0.25, 0.3) is 16.9 Å². The van der Waals surface area contributed by atoms with E-state index in [0.29, 0.717) is 21.9 Å². The number of nitrogens with zero attached hydrogens (tertiary/aromatic N) is 3. The maximum atomic E-state index is 13.6. The first-order valence-electron chi connectivity index (χ1n) is 8.96. The monoisotopic (exact) mass is 464 g/mol. The van der Waals surface area contributed by atoms with E-state index in [0.717, 1.165) is 0 Å². The molecular formula is C21H13Cl2F3N4O. The highest BCUT2D eigenvalue weighted by atomic mass is 35.5. The van der Waals surface area contributed by atoms with Gasteiger partial charge in [-0.3, -0.25) is 14.2 Å². The molecule has 0 aliphatic heterocycles. The smallest absolute Gasteiger partial charge is 0.334 e. The van der Waals surface area contributed by atoms with Crippen molar-refractivity contribution in [3.05, 3.63) is 88.4 Å². The molecule has 1 aromatic carbocycles. The molecule has 1 atom stereocenters. The molecule has 3 heterocycles. The van der Waals surface area contributed by atoms with Crippen molar-refractivity contribution in [3.8, 4) is 11.4 Å². The fourth-order valence-corrected chi connectivity index (χ4v) is 3.41. The average Bonchev–Trinajstić information content (AvgIpc) is 3.13. The van der Waals surface area contributed by atoms with E-state index in [9.17, 15) is 18.0 Å². The second-order valence-electron chi connectivity index (χ2n) is 6.57. The highest BCUT2D eigenvalue weighted by molar-refractivity contribution is 6.42. The molecular weight excluding hydrogens is 452 g/mol. The van der Waals surface area contributed by atoms with Crippen LogP contribution in [0.15, 0.2) is 67.0 Å². The Hall–Kier alpha value is -3.10. The van der Waals surface area contributed by atoms with E-state index in [1.165, 1.54) is 24.4 Å². The summed E-state index contributed by atoms with van der Waals surface area (Å²) in [5.74, 6) is -0.649. The van der Waals surface area contributed by atoms with E-state index in [4.69, 9.17) is 23.2 Å². The van der Waals surface area contributed by atoms with Crippen molar-refractivity contribution in [3.63, 3.8) is 0 Å². The number of carbonyl (C=O) groups is 1. The van der Waals surface area contributed by atoms with E-state index in [-0.39, 0.29) is 16.4 Å². The number of hydrogen-bond donors (Lipinski definition) is 1. The van der Waals surface area contributed by atoms with Gasteiger partial charge in [-0.25, -0.2) is 4.98 Å². The molecule has 4 rings (SSSR count). The van der Waals surface area contributed by atoms with Gasteiger partial charge in [0.1, 0.15) is 5.82 Å². The van der Waals surface area contributed by atoms with Crippen molar-refractivity contribution in [2.45, 2.75) is 12.2 Å². The Bertz CT molecular complexity index is 1260. The molecule has 0 aliphatic rings. The van der Waals surface area contributed by atoms with Crippen molar-refractivity contribution in [1.29, 1.82) is 0 Å². The van der Waals surface area contributed by atoms with Gasteiger partial charge < -0.3 is 5.32 Å². The number of alkyl halides is 3. The molecule has 31 heavy (non-hydrogen) atoms. The Balaban J connectivity index is 1.77. The maximum absolute atomic E-state index is 13.6. The zero-order chi connectivity index (χ0) is 22.2. The van der Waals surface area contributed by atoms with Gasteiger partial charge in [-0.1, -0.05) is 35.3 Å². The average molecular weight is 465 g/mol. The lowest BCUT2D eigenvalue weighted by molar-refractivity contribution is -0.156. The van der Waals surface area contributed by atoms with E-state index in [1.807, 2.05) is 5.32 Å². The number of aromatic nitrogens is 3.